The summed E-state index contributed by atoms with van der Waals surface area (Å²) in [5.74, 6) is 1.84. The Hall–Kier alpha value is -2.73. The zero-order chi connectivity index (χ0) is 19.9. The van der Waals surface area contributed by atoms with Crippen molar-refractivity contribution in [1.29, 1.82) is 0 Å². The van der Waals surface area contributed by atoms with Crippen molar-refractivity contribution >= 4 is 11.6 Å². The molecule has 0 saturated carbocycles. The normalized spacial score (nSPS) is 14.6. The van der Waals surface area contributed by atoms with Gasteiger partial charge in [0.15, 0.2) is 0 Å². The molecule has 1 saturated heterocycles. The summed E-state index contributed by atoms with van der Waals surface area (Å²) in [7, 11) is 5.19. The van der Waals surface area contributed by atoms with Gasteiger partial charge in [-0.1, -0.05) is 12.1 Å². The van der Waals surface area contributed by atoms with Gasteiger partial charge in [0.2, 0.25) is 5.91 Å². The number of nitrogens with zero attached hydrogens (tertiary/aromatic N) is 3. The Morgan fingerprint density at radius 1 is 0.893 bits per heavy atom. The molecule has 0 spiro atoms. The third kappa shape index (κ3) is 5.16. The van der Waals surface area contributed by atoms with Crippen LogP contribution in [0.1, 0.15) is 5.56 Å². The fourth-order valence-electron chi connectivity index (χ4n) is 3.36. The molecule has 0 aromatic heterocycles. The quantitative estimate of drug-likeness (QED) is 0.735. The summed E-state index contributed by atoms with van der Waals surface area (Å²) >= 11 is 0. The maximum atomic E-state index is 12.6. The van der Waals surface area contributed by atoms with E-state index >= 15 is 0 Å². The van der Waals surface area contributed by atoms with E-state index in [1.54, 1.807) is 19.1 Å². The number of anilines is 1. The third-order valence-electron chi connectivity index (χ3n) is 5.17. The molecule has 0 aliphatic carbocycles. The molecule has 1 heterocycles. The highest BCUT2D eigenvalue weighted by Crippen LogP contribution is 2.20. The molecule has 6 nitrogen and oxygen atoms in total. The molecule has 2 aromatic rings. The molecule has 150 valence electrons. The van der Waals surface area contributed by atoms with Crippen LogP contribution in [-0.2, 0) is 11.3 Å². The third-order valence-corrected chi connectivity index (χ3v) is 5.17. The van der Waals surface area contributed by atoms with Crippen molar-refractivity contribution in [3.8, 4) is 11.5 Å². The molecule has 1 amide bonds. The lowest BCUT2D eigenvalue weighted by atomic mass is 10.2. The zero-order valence-electron chi connectivity index (χ0n) is 16.9. The van der Waals surface area contributed by atoms with Gasteiger partial charge in [0, 0.05) is 45.5 Å². The fraction of sp³-hybridized carbons (Fsp3) is 0.409. The van der Waals surface area contributed by atoms with Gasteiger partial charge < -0.3 is 19.3 Å². The Kier molecular flexibility index (Phi) is 6.76. The lowest BCUT2D eigenvalue weighted by Gasteiger charge is -2.36. The van der Waals surface area contributed by atoms with Crippen molar-refractivity contribution in [2.75, 3.05) is 58.9 Å². The van der Waals surface area contributed by atoms with Crippen LogP contribution in [0, 0.1) is 0 Å². The monoisotopic (exact) mass is 383 g/mol. The topological polar surface area (TPSA) is 45.2 Å². The maximum absolute atomic E-state index is 12.6. The number of amides is 1. The zero-order valence-corrected chi connectivity index (χ0v) is 16.9. The van der Waals surface area contributed by atoms with E-state index in [-0.39, 0.29) is 5.91 Å². The van der Waals surface area contributed by atoms with Gasteiger partial charge in [0.25, 0.3) is 0 Å². The van der Waals surface area contributed by atoms with E-state index in [0.717, 1.165) is 43.2 Å². The number of carbonyl (C=O) groups is 1. The molecule has 0 atom stereocenters. The van der Waals surface area contributed by atoms with E-state index < -0.39 is 0 Å². The average Bonchev–Trinajstić information content (AvgIpc) is 2.75. The highest BCUT2D eigenvalue weighted by atomic mass is 16.5. The van der Waals surface area contributed by atoms with Crippen molar-refractivity contribution in [3.05, 3.63) is 54.1 Å². The van der Waals surface area contributed by atoms with E-state index in [1.807, 2.05) is 43.4 Å². The minimum absolute atomic E-state index is 0.147. The summed E-state index contributed by atoms with van der Waals surface area (Å²) in [6.07, 6.45) is 0. The second-order valence-electron chi connectivity index (χ2n) is 7.06. The average molecular weight is 383 g/mol. The summed E-state index contributed by atoms with van der Waals surface area (Å²) < 4.78 is 10.4. The van der Waals surface area contributed by atoms with Crippen LogP contribution in [0.5, 0.6) is 11.5 Å². The summed E-state index contributed by atoms with van der Waals surface area (Å²) in [6.45, 7) is 4.67. The van der Waals surface area contributed by atoms with Gasteiger partial charge >= 0.3 is 0 Å². The number of methoxy groups -OCH3 is 2. The molecule has 6 heteroatoms. The Balaban J connectivity index is 1.45. The Morgan fingerprint density at radius 3 is 1.96 bits per heavy atom. The van der Waals surface area contributed by atoms with E-state index in [2.05, 4.69) is 21.9 Å². The van der Waals surface area contributed by atoms with E-state index in [0.29, 0.717) is 13.1 Å². The Labute approximate surface area is 167 Å². The van der Waals surface area contributed by atoms with Gasteiger partial charge in [-0.3, -0.25) is 9.69 Å². The molecule has 0 bridgehead atoms. The van der Waals surface area contributed by atoms with Crippen LogP contribution in [0.25, 0.3) is 0 Å². The van der Waals surface area contributed by atoms with Crippen molar-refractivity contribution < 1.29 is 14.3 Å². The molecule has 0 unspecified atom stereocenters. The molecule has 1 aliphatic rings. The van der Waals surface area contributed by atoms with Crippen LogP contribution in [-0.4, -0.2) is 69.7 Å². The Bertz CT molecular complexity index is 754. The van der Waals surface area contributed by atoms with Crippen molar-refractivity contribution in [2.24, 2.45) is 0 Å². The van der Waals surface area contributed by atoms with Gasteiger partial charge in [0.1, 0.15) is 11.5 Å². The molecule has 3 rings (SSSR count). The largest absolute Gasteiger partial charge is 0.497 e. The SMILES string of the molecule is COc1ccc(CN(C)C(=O)CN2CCN(c3ccc(OC)cc3)CC2)cc1. The number of piperazine rings is 1. The lowest BCUT2D eigenvalue weighted by molar-refractivity contribution is -0.131. The number of hydrogen-bond donors (Lipinski definition) is 0. The second-order valence-corrected chi connectivity index (χ2v) is 7.06. The molecule has 2 aromatic carbocycles. The van der Waals surface area contributed by atoms with E-state index in [4.69, 9.17) is 9.47 Å². The predicted octanol–water partition coefficient (Wildman–Crippen LogP) is 2.48. The summed E-state index contributed by atoms with van der Waals surface area (Å²) in [5, 5.41) is 0. The van der Waals surface area contributed by atoms with Crippen molar-refractivity contribution in [3.63, 3.8) is 0 Å². The first-order chi connectivity index (χ1) is 13.6. The van der Waals surface area contributed by atoms with Crippen LogP contribution in [0.4, 0.5) is 5.69 Å². The summed E-state index contributed by atoms with van der Waals surface area (Å²) in [4.78, 5) is 19.0. The minimum Gasteiger partial charge on any atom is -0.497 e. The molecule has 1 fully saturated rings. The van der Waals surface area contributed by atoms with E-state index in [1.165, 1.54) is 5.69 Å². The van der Waals surface area contributed by atoms with Crippen LogP contribution in [0.3, 0.4) is 0 Å². The van der Waals surface area contributed by atoms with Gasteiger partial charge in [-0.25, -0.2) is 0 Å². The summed E-state index contributed by atoms with van der Waals surface area (Å²) in [5.41, 5.74) is 2.30. The molecule has 0 N–H and O–H groups in total. The predicted molar refractivity (Wildman–Crippen MR) is 111 cm³/mol. The Morgan fingerprint density at radius 2 is 1.43 bits per heavy atom. The first-order valence-corrected chi connectivity index (χ1v) is 9.57. The number of ether oxygens (including phenoxy) is 2. The maximum Gasteiger partial charge on any atom is 0.236 e. The van der Waals surface area contributed by atoms with Crippen molar-refractivity contribution in [2.45, 2.75) is 6.54 Å². The second kappa shape index (κ2) is 9.46. The van der Waals surface area contributed by atoms with Crippen LogP contribution in [0.2, 0.25) is 0 Å². The molecular formula is C22H29N3O3. The number of likely N-dealkylation sites (N-methyl/N-ethyl adjacent to an activating group) is 1. The minimum atomic E-state index is 0.147. The van der Waals surface area contributed by atoms with Gasteiger partial charge in [-0.05, 0) is 42.0 Å². The lowest BCUT2D eigenvalue weighted by Crippen LogP contribution is -2.49. The van der Waals surface area contributed by atoms with Crippen LogP contribution < -0.4 is 14.4 Å². The summed E-state index contributed by atoms with van der Waals surface area (Å²) in [6, 6.07) is 16.0. The highest BCUT2D eigenvalue weighted by molar-refractivity contribution is 5.78. The number of benzene rings is 2. The van der Waals surface area contributed by atoms with Crippen molar-refractivity contribution in [1.82, 2.24) is 9.80 Å². The van der Waals surface area contributed by atoms with Crippen LogP contribution >= 0.6 is 0 Å². The van der Waals surface area contributed by atoms with Gasteiger partial charge in [-0.2, -0.15) is 0 Å². The first kappa shape index (κ1) is 20.0. The first-order valence-electron chi connectivity index (χ1n) is 9.57. The van der Waals surface area contributed by atoms with E-state index in [9.17, 15) is 4.79 Å². The smallest absolute Gasteiger partial charge is 0.236 e. The number of rotatable bonds is 7. The fourth-order valence-corrected chi connectivity index (χ4v) is 3.36. The highest BCUT2D eigenvalue weighted by Gasteiger charge is 2.20. The standard InChI is InChI=1S/C22H29N3O3/c1-23(16-18-4-8-20(27-2)9-5-18)22(26)17-24-12-14-25(15-13-24)19-6-10-21(28-3)11-7-19/h4-11H,12-17H2,1-3H3. The molecular weight excluding hydrogens is 354 g/mol. The molecule has 1 aliphatic heterocycles. The van der Waals surface area contributed by atoms with Gasteiger partial charge in [0.05, 0.1) is 20.8 Å². The number of hydrogen-bond acceptors (Lipinski definition) is 5. The van der Waals surface area contributed by atoms with Crippen LogP contribution in [0.15, 0.2) is 48.5 Å². The molecule has 28 heavy (non-hydrogen) atoms. The van der Waals surface area contributed by atoms with Gasteiger partial charge in [-0.15, -0.1) is 0 Å². The number of carbonyl (C=O) groups excluding carboxylic acids is 1. The molecule has 0 radical (unpaired) electrons.